The van der Waals surface area contributed by atoms with Crippen LogP contribution in [-0.2, 0) is 0 Å². The van der Waals surface area contributed by atoms with E-state index in [2.05, 4.69) is 0 Å². The molecule has 14 heavy (non-hydrogen) atoms. The number of nitro groups is 1. The molecule has 1 rings (SSSR count). The highest BCUT2D eigenvalue weighted by atomic mass is 19.1. The van der Waals surface area contributed by atoms with E-state index in [4.69, 9.17) is 5.26 Å². The number of nitrogens with zero attached hydrogens (tertiary/aromatic N) is 2. The van der Waals surface area contributed by atoms with Crippen LogP contribution in [0.5, 0.6) is 0 Å². The van der Waals surface area contributed by atoms with Gasteiger partial charge < -0.3 is 0 Å². The molecule has 0 saturated heterocycles. The Balaban J connectivity index is 3.09. The Morgan fingerprint density at radius 2 is 2.29 bits per heavy atom. The highest BCUT2D eigenvalue weighted by Gasteiger charge is 2.08. The van der Waals surface area contributed by atoms with E-state index < -0.39 is 10.7 Å². The molecular weight excluding hydrogens is 187 g/mol. The minimum Gasteiger partial charge on any atom is -0.258 e. The fourth-order valence-corrected chi connectivity index (χ4v) is 0.892. The third-order valence-electron chi connectivity index (χ3n) is 1.53. The van der Waals surface area contributed by atoms with E-state index in [1.807, 2.05) is 0 Å². The largest absolute Gasteiger partial charge is 0.272 e. The van der Waals surface area contributed by atoms with Crippen molar-refractivity contribution < 1.29 is 9.31 Å². The van der Waals surface area contributed by atoms with Gasteiger partial charge in [-0.1, -0.05) is 0 Å². The van der Waals surface area contributed by atoms with Crippen molar-refractivity contribution in [2.45, 2.75) is 0 Å². The zero-order valence-electron chi connectivity index (χ0n) is 6.98. The Kier molecular flexibility index (Phi) is 2.92. The summed E-state index contributed by atoms with van der Waals surface area (Å²) in [5, 5.41) is 18.4. The molecule has 0 aromatic heterocycles. The average molecular weight is 192 g/mol. The van der Waals surface area contributed by atoms with E-state index in [0.717, 1.165) is 12.1 Å². The van der Waals surface area contributed by atoms with Gasteiger partial charge in [-0.2, -0.15) is 5.26 Å². The quantitative estimate of drug-likeness (QED) is 0.410. The van der Waals surface area contributed by atoms with E-state index in [1.165, 1.54) is 18.2 Å². The molecule has 0 aliphatic heterocycles. The first kappa shape index (κ1) is 9.86. The molecule has 0 radical (unpaired) electrons. The van der Waals surface area contributed by atoms with E-state index in [0.29, 0.717) is 0 Å². The van der Waals surface area contributed by atoms with Crippen molar-refractivity contribution >= 4 is 11.8 Å². The van der Waals surface area contributed by atoms with Crippen LogP contribution in [0.4, 0.5) is 10.1 Å². The van der Waals surface area contributed by atoms with Crippen LogP contribution in [0.2, 0.25) is 0 Å². The summed E-state index contributed by atoms with van der Waals surface area (Å²) < 4.78 is 13.1. The molecule has 5 heteroatoms. The zero-order valence-corrected chi connectivity index (χ0v) is 6.98. The molecule has 1 aromatic rings. The predicted molar refractivity (Wildman–Crippen MR) is 47.7 cm³/mol. The number of rotatable bonds is 2. The molecule has 0 N–H and O–H groups in total. The second kappa shape index (κ2) is 4.14. The van der Waals surface area contributed by atoms with Crippen LogP contribution >= 0.6 is 0 Å². The maximum Gasteiger partial charge on any atom is 0.272 e. The highest BCUT2D eigenvalue weighted by Crippen LogP contribution is 2.17. The third-order valence-corrected chi connectivity index (χ3v) is 1.53. The fraction of sp³-hybridized carbons (Fsp3) is 0. The third kappa shape index (κ3) is 2.14. The van der Waals surface area contributed by atoms with Crippen molar-refractivity contribution in [3.8, 4) is 6.07 Å². The maximum atomic E-state index is 13.1. The van der Waals surface area contributed by atoms with Crippen molar-refractivity contribution in [1.29, 1.82) is 5.26 Å². The number of benzene rings is 1. The molecule has 0 aliphatic rings. The summed E-state index contributed by atoms with van der Waals surface area (Å²) in [4.78, 5) is 9.57. The topological polar surface area (TPSA) is 66.9 Å². The Labute approximate surface area is 79.0 Å². The number of non-ortho nitro benzene ring substituents is 1. The second-order valence-electron chi connectivity index (χ2n) is 2.43. The van der Waals surface area contributed by atoms with Crippen LogP contribution in [0.3, 0.4) is 0 Å². The van der Waals surface area contributed by atoms with Crippen molar-refractivity contribution in [1.82, 2.24) is 0 Å². The molecule has 0 amide bonds. The lowest BCUT2D eigenvalue weighted by molar-refractivity contribution is -0.385. The first-order valence-electron chi connectivity index (χ1n) is 3.65. The van der Waals surface area contributed by atoms with Gasteiger partial charge in [-0.3, -0.25) is 10.1 Å². The number of hydrogen-bond acceptors (Lipinski definition) is 3. The normalized spacial score (nSPS) is 10.0. The Hall–Kier alpha value is -2.22. The van der Waals surface area contributed by atoms with Gasteiger partial charge in [0.2, 0.25) is 0 Å². The van der Waals surface area contributed by atoms with Crippen LogP contribution in [0, 0.1) is 27.3 Å². The molecule has 0 unspecified atom stereocenters. The van der Waals surface area contributed by atoms with E-state index >= 15 is 0 Å². The molecule has 0 bridgehead atoms. The lowest BCUT2D eigenvalue weighted by atomic mass is 10.2. The minimum atomic E-state index is -0.717. The van der Waals surface area contributed by atoms with Gasteiger partial charge in [-0.25, -0.2) is 4.39 Å². The molecular formula is C9H5FN2O2. The lowest BCUT2D eigenvalue weighted by Gasteiger charge is -1.95. The minimum absolute atomic E-state index is 0.150. The summed E-state index contributed by atoms with van der Waals surface area (Å²) in [7, 11) is 0. The van der Waals surface area contributed by atoms with Crippen LogP contribution in [-0.4, -0.2) is 4.92 Å². The number of allylic oxidation sites excluding steroid dienone is 1. The van der Waals surface area contributed by atoms with Gasteiger partial charge in [-0.15, -0.1) is 0 Å². The Morgan fingerprint density at radius 1 is 1.57 bits per heavy atom. The average Bonchev–Trinajstić information content (AvgIpc) is 2.15. The summed E-state index contributed by atoms with van der Waals surface area (Å²) in [6.07, 6.45) is 2.35. The monoisotopic (exact) mass is 192 g/mol. The van der Waals surface area contributed by atoms with Crippen LogP contribution < -0.4 is 0 Å². The number of hydrogen-bond donors (Lipinski definition) is 0. The van der Waals surface area contributed by atoms with Crippen LogP contribution in [0.1, 0.15) is 5.56 Å². The van der Waals surface area contributed by atoms with Crippen molar-refractivity contribution in [2.75, 3.05) is 0 Å². The molecule has 1 aromatic carbocycles. The summed E-state index contributed by atoms with van der Waals surface area (Å²) in [5.74, 6) is -0.717. The van der Waals surface area contributed by atoms with E-state index in [1.54, 1.807) is 6.07 Å². The van der Waals surface area contributed by atoms with Gasteiger partial charge in [0, 0.05) is 17.7 Å². The first-order chi connectivity index (χ1) is 6.65. The Morgan fingerprint density at radius 3 is 2.79 bits per heavy atom. The van der Waals surface area contributed by atoms with E-state index in [9.17, 15) is 14.5 Å². The summed E-state index contributed by atoms with van der Waals surface area (Å²) in [6, 6.07) is 4.95. The van der Waals surface area contributed by atoms with Gasteiger partial charge in [0.05, 0.1) is 17.1 Å². The molecule has 0 fully saturated rings. The molecule has 0 saturated carbocycles. The van der Waals surface area contributed by atoms with E-state index in [-0.39, 0.29) is 11.3 Å². The van der Waals surface area contributed by atoms with Crippen molar-refractivity contribution in [2.24, 2.45) is 0 Å². The predicted octanol–water partition coefficient (Wildman–Crippen LogP) is 2.27. The second-order valence-corrected chi connectivity index (χ2v) is 2.43. The number of nitro benzene ring substituents is 1. The Bertz CT molecular complexity index is 435. The van der Waals surface area contributed by atoms with Gasteiger partial charge in [-0.05, 0) is 12.1 Å². The number of halogens is 1. The molecule has 0 spiro atoms. The van der Waals surface area contributed by atoms with Crippen LogP contribution in [0.25, 0.3) is 6.08 Å². The molecule has 4 nitrogen and oxygen atoms in total. The van der Waals surface area contributed by atoms with Crippen molar-refractivity contribution in [3.63, 3.8) is 0 Å². The first-order valence-corrected chi connectivity index (χ1v) is 3.65. The zero-order chi connectivity index (χ0) is 10.6. The molecule has 0 aliphatic carbocycles. The standard InChI is InChI=1S/C9H5FN2O2/c10-9-6-8(12(13)14)4-3-7(9)2-1-5-11/h1-4,6H. The summed E-state index contributed by atoms with van der Waals surface area (Å²) in [5.41, 5.74) is -0.159. The fourth-order valence-electron chi connectivity index (χ4n) is 0.892. The maximum absolute atomic E-state index is 13.1. The molecule has 70 valence electrons. The smallest absolute Gasteiger partial charge is 0.258 e. The summed E-state index contributed by atoms with van der Waals surface area (Å²) in [6.45, 7) is 0. The van der Waals surface area contributed by atoms with Gasteiger partial charge in [0.1, 0.15) is 5.82 Å². The highest BCUT2D eigenvalue weighted by molar-refractivity contribution is 5.54. The van der Waals surface area contributed by atoms with Crippen molar-refractivity contribution in [3.05, 3.63) is 45.8 Å². The molecule has 0 heterocycles. The van der Waals surface area contributed by atoms with Crippen LogP contribution in [0.15, 0.2) is 24.3 Å². The number of nitriles is 1. The van der Waals surface area contributed by atoms with Gasteiger partial charge in [0.25, 0.3) is 5.69 Å². The SMILES string of the molecule is N#CC=Cc1ccc([N+](=O)[O-])cc1F. The lowest BCUT2D eigenvalue weighted by Crippen LogP contribution is -1.90. The summed E-state index contributed by atoms with van der Waals surface area (Å²) >= 11 is 0. The molecule has 0 atom stereocenters. The van der Waals surface area contributed by atoms with Gasteiger partial charge >= 0.3 is 0 Å². The van der Waals surface area contributed by atoms with Gasteiger partial charge in [0.15, 0.2) is 0 Å².